The molecule has 0 radical (unpaired) electrons. The first-order valence-corrected chi connectivity index (χ1v) is 6.83. The van der Waals surface area contributed by atoms with Gasteiger partial charge < -0.3 is 10.7 Å². The van der Waals surface area contributed by atoms with E-state index in [-0.39, 0.29) is 11.5 Å². The number of nitrogens with two attached hydrogens (primary N) is 1. The van der Waals surface area contributed by atoms with Gasteiger partial charge in [-0.3, -0.25) is 0 Å². The molecule has 19 heavy (non-hydrogen) atoms. The normalized spacial score (nSPS) is 13.5. The maximum absolute atomic E-state index is 5.97. The van der Waals surface area contributed by atoms with E-state index in [4.69, 9.17) is 5.73 Å². The lowest BCUT2D eigenvalue weighted by atomic mass is 9.86. The van der Waals surface area contributed by atoms with Crippen LogP contribution in [0.4, 0.5) is 0 Å². The second kappa shape index (κ2) is 5.17. The monoisotopic (exact) mass is 257 g/mol. The van der Waals surface area contributed by atoms with Gasteiger partial charge in [0.05, 0.1) is 17.9 Å². The van der Waals surface area contributed by atoms with Gasteiger partial charge in [-0.05, 0) is 23.0 Å². The summed E-state index contributed by atoms with van der Waals surface area (Å²) in [5.41, 5.74) is 9.67. The van der Waals surface area contributed by atoms with Crippen LogP contribution in [0.2, 0.25) is 0 Å². The minimum absolute atomic E-state index is 0.0115. The Morgan fingerprint density at radius 3 is 2.37 bits per heavy atom. The number of aromatic amines is 1. The minimum Gasteiger partial charge on any atom is -0.341 e. The van der Waals surface area contributed by atoms with E-state index in [1.54, 1.807) is 0 Å². The van der Waals surface area contributed by atoms with Crippen LogP contribution in [0.1, 0.15) is 51.5 Å². The van der Waals surface area contributed by atoms with Crippen molar-refractivity contribution in [3.63, 3.8) is 0 Å². The van der Waals surface area contributed by atoms with Crippen LogP contribution < -0.4 is 5.73 Å². The molecule has 0 aliphatic rings. The maximum atomic E-state index is 5.97. The Labute approximate surface area is 115 Å². The smallest absolute Gasteiger partial charge is 0.123 e. The van der Waals surface area contributed by atoms with Crippen molar-refractivity contribution >= 4 is 0 Å². The van der Waals surface area contributed by atoms with Gasteiger partial charge in [-0.1, -0.05) is 52.0 Å². The molecule has 0 saturated heterocycles. The van der Waals surface area contributed by atoms with Crippen LogP contribution in [0.25, 0.3) is 11.3 Å². The van der Waals surface area contributed by atoms with E-state index in [1.165, 1.54) is 5.56 Å². The van der Waals surface area contributed by atoms with Crippen molar-refractivity contribution in [1.29, 1.82) is 0 Å². The summed E-state index contributed by atoms with van der Waals surface area (Å²) >= 11 is 0. The fourth-order valence-electron chi connectivity index (χ4n) is 2.01. The van der Waals surface area contributed by atoms with Crippen molar-refractivity contribution in [3.8, 4) is 11.3 Å². The molecule has 1 aromatic heterocycles. The number of imidazole rings is 1. The van der Waals surface area contributed by atoms with Crippen LogP contribution in [-0.2, 0) is 5.41 Å². The predicted octanol–water partition coefficient (Wildman–Crippen LogP) is 3.78. The number of nitrogens with zero attached hydrogens (tertiary/aromatic N) is 1. The van der Waals surface area contributed by atoms with Crippen LogP contribution in [0.5, 0.6) is 0 Å². The van der Waals surface area contributed by atoms with E-state index >= 15 is 0 Å². The summed E-state index contributed by atoms with van der Waals surface area (Å²) in [6, 6.07) is 8.61. The lowest BCUT2D eigenvalue weighted by molar-refractivity contribution is 0.590. The van der Waals surface area contributed by atoms with Crippen LogP contribution in [-0.4, -0.2) is 9.97 Å². The molecule has 1 aromatic carbocycles. The zero-order valence-corrected chi connectivity index (χ0v) is 12.2. The third kappa shape index (κ3) is 3.04. The highest BCUT2D eigenvalue weighted by Gasteiger charge is 2.14. The molecule has 0 spiro atoms. The largest absolute Gasteiger partial charge is 0.341 e. The fraction of sp³-hybridized carbons (Fsp3) is 0.438. The van der Waals surface area contributed by atoms with Gasteiger partial charge in [-0.15, -0.1) is 0 Å². The first kappa shape index (κ1) is 13.8. The molecule has 1 heterocycles. The Morgan fingerprint density at radius 2 is 1.84 bits per heavy atom. The lowest BCUT2D eigenvalue weighted by Gasteiger charge is -2.18. The number of hydrogen-bond donors (Lipinski definition) is 2. The zero-order valence-electron chi connectivity index (χ0n) is 12.2. The van der Waals surface area contributed by atoms with Crippen molar-refractivity contribution < 1.29 is 0 Å². The Balaban J connectivity index is 2.25. The average Bonchev–Trinajstić information content (AvgIpc) is 2.86. The second-order valence-electron chi connectivity index (χ2n) is 6.02. The molecule has 3 nitrogen and oxygen atoms in total. The van der Waals surface area contributed by atoms with E-state index < -0.39 is 0 Å². The third-order valence-corrected chi connectivity index (χ3v) is 3.45. The molecule has 0 aliphatic carbocycles. The molecule has 0 fully saturated rings. The number of aromatic nitrogens is 2. The quantitative estimate of drug-likeness (QED) is 0.879. The topological polar surface area (TPSA) is 54.7 Å². The second-order valence-corrected chi connectivity index (χ2v) is 6.02. The molecule has 0 bridgehead atoms. The third-order valence-electron chi connectivity index (χ3n) is 3.45. The van der Waals surface area contributed by atoms with E-state index in [1.807, 2.05) is 6.20 Å². The van der Waals surface area contributed by atoms with Crippen molar-refractivity contribution in [2.45, 2.75) is 45.6 Å². The highest BCUT2D eigenvalue weighted by molar-refractivity contribution is 5.59. The molecule has 2 rings (SSSR count). The molecule has 3 N–H and O–H groups in total. The Bertz CT molecular complexity index is 532. The lowest BCUT2D eigenvalue weighted by Crippen LogP contribution is -2.10. The van der Waals surface area contributed by atoms with Crippen LogP contribution >= 0.6 is 0 Å². The molecule has 1 unspecified atom stereocenters. The van der Waals surface area contributed by atoms with E-state index in [0.717, 1.165) is 23.5 Å². The first-order chi connectivity index (χ1) is 8.91. The fourth-order valence-corrected chi connectivity index (χ4v) is 2.01. The Hall–Kier alpha value is -1.61. The van der Waals surface area contributed by atoms with E-state index in [0.29, 0.717) is 0 Å². The van der Waals surface area contributed by atoms with Crippen molar-refractivity contribution in [2.75, 3.05) is 0 Å². The van der Waals surface area contributed by atoms with Crippen LogP contribution in [0, 0.1) is 0 Å². The van der Waals surface area contributed by atoms with Crippen molar-refractivity contribution in [3.05, 3.63) is 41.9 Å². The van der Waals surface area contributed by atoms with Crippen molar-refractivity contribution in [1.82, 2.24) is 9.97 Å². The van der Waals surface area contributed by atoms with Crippen LogP contribution in [0.15, 0.2) is 30.5 Å². The number of hydrogen-bond acceptors (Lipinski definition) is 2. The van der Waals surface area contributed by atoms with Gasteiger partial charge in [0.15, 0.2) is 0 Å². The first-order valence-electron chi connectivity index (χ1n) is 6.83. The summed E-state index contributed by atoms with van der Waals surface area (Å²) in [5, 5.41) is 0. The SMILES string of the molecule is CCC(N)c1ncc(-c2ccc(C(C)(C)C)cc2)[nH]1. The standard InChI is InChI=1S/C16H23N3/c1-5-13(17)15-18-10-14(19-15)11-6-8-12(9-7-11)16(2,3)4/h6-10,13H,5,17H2,1-4H3,(H,18,19). The Morgan fingerprint density at radius 1 is 1.21 bits per heavy atom. The zero-order chi connectivity index (χ0) is 14.0. The molecule has 1 atom stereocenters. The van der Waals surface area contributed by atoms with E-state index in [2.05, 4.69) is 61.9 Å². The summed E-state index contributed by atoms with van der Waals surface area (Å²) in [6.45, 7) is 8.72. The summed E-state index contributed by atoms with van der Waals surface area (Å²) in [4.78, 5) is 7.66. The number of H-pyrrole nitrogens is 1. The molecule has 0 amide bonds. The van der Waals surface area contributed by atoms with Gasteiger partial charge in [0, 0.05) is 0 Å². The van der Waals surface area contributed by atoms with Gasteiger partial charge in [-0.25, -0.2) is 4.98 Å². The molecule has 2 aromatic rings. The highest BCUT2D eigenvalue weighted by Crippen LogP contribution is 2.25. The van der Waals surface area contributed by atoms with Gasteiger partial charge in [-0.2, -0.15) is 0 Å². The van der Waals surface area contributed by atoms with Crippen LogP contribution in [0.3, 0.4) is 0 Å². The molecule has 0 saturated carbocycles. The minimum atomic E-state index is -0.0115. The van der Waals surface area contributed by atoms with E-state index in [9.17, 15) is 0 Å². The molecular weight excluding hydrogens is 234 g/mol. The average molecular weight is 257 g/mol. The summed E-state index contributed by atoms with van der Waals surface area (Å²) in [7, 11) is 0. The van der Waals surface area contributed by atoms with Gasteiger partial charge in [0.25, 0.3) is 0 Å². The summed E-state index contributed by atoms with van der Waals surface area (Å²) < 4.78 is 0. The summed E-state index contributed by atoms with van der Waals surface area (Å²) in [5.74, 6) is 0.859. The predicted molar refractivity (Wildman–Crippen MR) is 79.9 cm³/mol. The number of rotatable bonds is 3. The number of benzene rings is 1. The van der Waals surface area contributed by atoms with Gasteiger partial charge >= 0.3 is 0 Å². The highest BCUT2D eigenvalue weighted by atomic mass is 15.0. The van der Waals surface area contributed by atoms with Gasteiger partial charge in [0.1, 0.15) is 5.82 Å². The maximum Gasteiger partial charge on any atom is 0.123 e. The summed E-state index contributed by atoms with van der Waals surface area (Å²) in [6.07, 6.45) is 2.74. The van der Waals surface area contributed by atoms with Crippen molar-refractivity contribution in [2.24, 2.45) is 5.73 Å². The molecule has 0 aliphatic heterocycles. The number of nitrogens with one attached hydrogen (secondary N) is 1. The molecule has 102 valence electrons. The Kier molecular flexibility index (Phi) is 3.76. The van der Waals surface area contributed by atoms with Gasteiger partial charge in [0.2, 0.25) is 0 Å². The molecule has 3 heteroatoms. The molecular formula is C16H23N3.